The fourth-order valence-electron chi connectivity index (χ4n) is 3.18. The Morgan fingerprint density at radius 2 is 2.00 bits per heavy atom. The van der Waals surface area contributed by atoms with Gasteiger partial charge in [0.15, 0.2) is 6.10 Å². The van der Waals surface area contributed by atoms with E-state index in [2.05, 4.69) is 10.6 Å². The van der Waals surface area contributed by atoms with Crippen LogP contribution in [-0.2, 0) is 26.2 Å². The smallest absolute Gasteiger partial charge is 0.265 e. The molecule has 2 aromatic rings. The highest BCUT2D eigenvalue weighted by atomic mass is 35.5. The zero-order valence-electron chi connectivity index (χ0n) is 17.4. The van der Waals surface area contributed by atoms with Crippen LogP contribution in [0.4, 0.5) is 5.69 Å². The summed E-state index contributed by atoms with van der Waals surface area (Å²) in [5, 5.41) is 5.93. The zero-order chi connectivity index (χ0) is 22.8. The predicted molar refractivity (Wildman–Crippen MR) is 118 cm³/mol. The summed E-state index contributed by atoms with van der Waals surface area (Å²) in [7, 11) is -2.64. The highest BCUT2D eigenvalue weighted by Crippen LogP contribution is 2.35. The van der Waals surface area contributed by atoms with Gasteiger partial charge in [0.25, 0.3) is 5.91 Å². The number of benzene rings is 2. The number of hydrogen-bond acceptors (Lipinski definition) is 5. The highest BCUT2D eigenvalue weighted by molar-refractivity contribution is 7.89. The summed E-state index contributed by atoms with van der Waals surface area (Å²) in [6.07, 6.45) is -0.230. The van der Waals surface area contributed by atoms with E-state index in [0.717, 1.165) is 9.87 Å². The van der Waals surface area contributed by atoms with E-state index in [1.807, 2.05) is 0 Å². The van der Waals surface area contributed by atoms with Gasteiger partial charge in [0.1, 0.15) is 5.75 Å². The average Bonchev–Trinajstić information content (AvgIpc) is 2.72. The van der Waals surface area contributed by atoms with Gasteiger partial charge >= 0.3 is 0 Å². The van der Waals surface area contributed by atoms with Gasteiger partial charge in [-0.05, 0) is 36.6 Å². The first-order valence-electron chi connectivity index (χ1n) is 9.72. The molecule has 31 heavy (non-hydrogen) atoms. The number of carbonyl (C=O) groups excluding carboxylic acids is 2. The van der Waals surface area contributed by atoms with Gasteiger partial charge in [-0.1, -0.05) is 36.7 Å². The molecule has 0 saturated carbocycles. The molecule has 1 atom stereocenters. The summed E-state index contributed by atoms with van der Waals surface area (Å²) in [6.45, 7) is 3.25. The van der Waals surface area contributed by atoms with Crippen LogP contribution in [0.2, 0.25) is 5.02 Å². The Hall–Kier alpha value is -2.62. The monoisotopic (exact) mass is 465 g/mol. The first-order valence-corrected chi connectivity index (χ1v) is 11.5. The molecule has 0 spiro atoms. The van der Waals surface area contributed by atoms with Crippen LogP contribution < -0.4 is 15.4 Å². The van der Waals surface area contributed by atoms with Gasteiger partial charge in [-0.15, -0.1) is 0 Å². The van der Waals surface area contributed by atoms with E-state index in [0.29, 0.717) is 22.7 Å². The minimum absolute atomic E-state index is 0.0126. The van der Waals surface area contributed by atoms with Crippen molar-refractivity contribution in [3.63, 3.8) is 0 Å². The third kappa shape index (κ3) is 5.00. The molecule has 0 saturated heterocycles. The van der Waals surface area contributed by atoms with Crippen LogP contribution >= 0.6 is 11.6 Å². The largest absolute Gasteiger partial charge is 0.478 e. The quantitative estimate of drug-likeness (QED) is 0.654. The maximum atomic E-state index is 13.1. The molecule has 0 fully saturated rings. The SMILES string of the molecule is CC[C@H]1Oc2cc(S(=O)(=O)N(C)CC(=O)NCc3ccccc3Cl)c(C)cc2NC1=O. The third-order valence-electron chi connectivity index (χ3n) is 4.96. The van der Waals surface area contributed by atoms with Crippen molar-refractivity contribution in [3.8, 4) is 5.75 Å². The van der Waals surface area contributed by atoms with Gasteiger partial charge in [-0.25, -0.2) is 8.42 Å². The molecule has 1 aliphatic rings. The van der Waals surface area contributed by atoms with E-state index in [-0.39, 0.29) is 29.6 Å². The Kier molecular flexibility index (Phi) is 6.88. The predicted octanol–water partition coefficient (Wildman–Crippen LogP) is 2.69. The molecule has 1 aliphatic heterocycles. The van der Waals surface area contributed by atoms with Crippen molar-refractivity contribution >= 4 is 39.1 Å². The molecule has 166 valence electrons. The number of ether oxygens (including phenoxy) is 1. The second-order valence-corrected chi connectivity index (χ2v) is 9.67. The summed E-state index contributed by atoms with van der Waals surface area (Å²) in [5.74, 6) is -0.444. The highest BCUT2D eigenvalue weighted by Gasteiger charge is 2.31. The van der Waals surface area contributed by atoms with Crippen molar-refractivity contribution in [2.45, 2.75) is 37.8 Å². The first kappa shape index (κ1) is 23.1. The standard InChI is InChI=1S/C21H24ClN3O5S/c1-4-17-21(27)24-16-9-13(2)19(10-18(16)30-17)31(28,29)25(3)12-20(26)23-11-14-7-5-6-8-15(14)22/h5-10,17H,4,11-12H2,1-3H3,(H,23,26)(H,24,27)/t17-/m1/s1. The lowest BCUT2D eigenvalue weighted by atomic mass is 10.1. The molecular formula is C21H24ClN3O5S. The first-order chi connectivity index (χ1) is 14.6. The molecule has 0 bridgehead atoms. The molecule has 2 N–H and O–H groups in total. The Morgan fingerprint density at radius 3 is 2.68 bits per heavy atom. The lowest BCUT2D eigenvalue weighted by molar-refractivity contribution is -0.123. The normalized spacial score (nSPS) is 15.8. The molecular weight excluding hydrogens is 442 g/mol. The second-order valence-electron chi connectivity index (χ2n) is 7.25. The fourth-order valence-corrected chi connectivity index (χ4v) is 4.73. The van der Waals surface area contributed by atoms with Crippen LogP contribution in [0, 0.1) is 6.92 Å². The van der Waals surface area contributed by atoms with Crippen LogP contribution in [0.25, 0.3) is 0 Å². The number of sulfonamides is 1. The number of amides is 2. The summed E-state index contributed by atoms with van der Waals surface area (Å²) < 4.78 is 32.8. The van der Waals surface area contributed by atoms with Gasteiger partial charge in [-0.2, -0.15) is 4.31 Å². The van der Waals surface area contributed by atoms with Crippen molar-refractivity contribution in [2.75, 3.05) is 18.9 Å². The van der Waals surface area contributed by atoms with Crippen molar-refractivity contribution < 1.29 is 22.7 Å². The molecule has 2 amide bonds. The molecule has 1 heterocycles. The van der Waals surface area contributed by atoms with Crippen molar-refractivity contribution in [1.82, 2.24) is 9.62 Å². The lowest BCUT2D eigenvalue weighted by Gasteiger charge is -2.27. The molecule has 0 unspecified atom stereocenters. The molecule has 10 heteroatoms. The number of aryl methyl sites for hydroxylation is 1. The zero-order valence-corrected chi connectivity index (χ0v) is 19.0. The number of anilines is 1. The van der Waals surface area contributed by atoms with Crippen molar-refractivity contribution in [1.29, 1.82) is 0 Å². The number of likely N-dealkylation sites (N-methyl/N-ethyl adjacent to an activating group) is 1. The van der Waals surface area contributed by atoms with E-state index in [4.69, 9.17) is 16.3 Å². The third-order valence-corrected chi connectivity index (χ3v) is 7.27. The minimum Gasteiger partial charge on any atom is -0.478 e. The molecule has 0 radical (unpaired) electrons. The lowest BCUT2D eigenvalue weighted by Crippen LogP contribution is -2.39. The van der Waals surface area contributed by atoms with Gasteiger partial charge < -0.3 is 15.4 Å². The second kappa shape index (κ2) is 9.25. The maximum Gasteiger partial charge on any atom is 0.265 e. The van der Waals surface area contributed by atoms with Crippen LogP contribution in [0.3, 0.4) is 0 Å². The number of halogens is 1. The number of fused-ring (bicyclic) bond motifs is 1. The van der Waals surface area contributed by atoms with Gasteiger partial charge in [-0.3, -0.25) is 9.59 Å². The number of rotatable bonds is 7. The Balaban J connectivity index is 1.74. The summed E-state index contributed by atoms with van der Waals surface area (Å²) in [4.78, 5) is 24.3. The number of hydrogen-bond donors (Lipinski definition) is 2. The summed E-state index contributed by atoms with van der Waals surface area (Å²) in [5.41, 5.74) is 1.59. The number of nitrogens with zero attached hydrogens (tertiary/aromatic N) is 1. The molecule has 3 rings (SSSR count). The van der Waals surface area contributed by atoms with Crippen molar-refractivity contribution in [2.24, 2.45) is 0 Å². The van der Waals surface area contributed by atoms with Crippen molar-refractivity contribution in [3.05, 3.63) is 52.5 Å². The Bertz CT molecular complexity index is 1120. The van der Waals surface area contributed by atoms with Crippen LogP contribution in [0.15, 0.2) is 41.3 Å². The number of carbonyl (C=O) groups is 2. The molecule has 8 nitrogen and oxygen atoms in total. The van der Waals surface area contributed by atoms with Gasteiger partial charge in [0.2, 0.25) is 15.9 Å². The average molecular weight is 466 g/mol. The maximum absolute atomic E-state index is 13.1. The fraction of sp³-hybridized carbons (Fsp3) is 0.333. The van der Waals surface area contributed by atoms with E-state index >= 15 is 0 Å². The molecule has 0 aliphatic carbocycles. The van der Waals surface area contributed by atoms with Gasteiger partial charge in [0.05, 0.1) is 17.1 Å². The topological polar surface area (TPSA) is 105 Å². The summed E-state index contributed by atoms with van der Waals surface area (Å²) in [6, 6.07) is 10.0. The summed E-state index contributed by atoms with van der Waals surface area (Å²) >= 11 is 6.08. The molecule has 2 aromatic carbocycles. The van der Waals surface area contributed by atoms with Crippen LogP contribution in [0.1, 0.15) is 24.5 Å². The van der Waals surface area contributed by atoms with Crippen LogP contribution in [-0.4, -0.2) is 44.2 Å². The van der Waals surface area contributed by atoms with E-state index in [1.54, 1.807) is 44.2 Å². The van der Waals surface area contributed by atoms with Gasteiger partial charge in [0, 0.05) is 24.7 Å². The van der Waals surface area contributed by atoms with E-state index in [9.17, 15) is 18.0 Å². The minimum atomic E-state index is -3.97. The van der Waals surface area contributed by atoms with E-state index < -0.39 is 22.0 Å². The number of nitrogens with one attached hydrogen (secondary N) is 2. The Morgan fingerprint density at radius 1 is 1.29 bits per heavy atom. The van der Waals surface area contributed by atoms with E-state index in [1.165, 1.54) is 13.1 Å². The van der Waals surface area contributed by atoms with Crippen LogP contribution in [0.5, 0.6) is 5.75 Å². The molecule has 0 aromatic heterocycles. The Labute approximate surface area is 186 Å².